The number of carbonyl (C=O) groups excluding carboxylic acids is 1. The summed E-state index contributed by atoms with van der Waals surface area (Å²) in [6.07, 6.45) is 7.37. The van der Waals surface area contributed by atoms with Crippen LogP contribution in [0.3, 0.4) is 0 Å². The lowest BCUT2D eigenvalue weighted by molar-refractivity contribution is 0.102. The number of aryl methyl sites for hydroxylation is 1. The molecule has 0 saturated carbocycles. The second-order valence-electron chi connectivity index (χ2n) is 11.2. The Labute approximate surface area is 244 Å². The molecule has 41 heavy (non-hydrogen) atoms. The molecule has 2 unspecified atom stereocenters. The summed E-state index contributed by atoms with van der Waals surface area (Å²) in [4.78, 5) is 20.7. The first-order chi connectivity index (χ1) is 19.5. The SMILES string of the molecule is CCC(C)C(C)CCN(CC)Cc1cc(S(C)(=O)=O)ccc1C(=O)Nc1ccc(-c2cn3cccc(C)c3n2)cc1. The number of pyridine rings is 1. The average molecular weight is 575 g/mol. The Morgan fingerprint density at radius 1 is 1.05 bits per heavy atom. The van der Waals surface area contributed by atoms with Crippen molar-refractivity contribution in [1.29, 1.82) is 0 Å². The summed E-state index contributed by atoms with van der Waals surface area (Å²) in [5, 5.41) is 3.00. The topological polar surface area (TPSA) is 83.8 Å². The molecule has 0 aliphatic heterocycles. The monoisotopic (exact) mass is 574 g/mol. The number of imidazole rings is 1. The Kier molecular flexibility index (Phi) is 9.66. The van der Waals surface area contributed by atoms with Crippen molar-refractivity contribution in [2.24, 2.45) is 11.8 Å². The Hall–Kier alpha value is -3.49. The number of nitrogens with zero attached hydrogens (tertiary/aromatic N) is 3. The molecular formula is C33H42N4O3S. The minimum atomic E-state index is -3.41. The van der Waals surface area contributed by atoms with Crippen LogP contribution in [0.4, 0.5) is 5.69 Å². The number of fused-ring (bicyclic) bond motifs is 1. The summed E-state index contributed by atoms with van der Waals surface area (Å²) in [7, 11) is -3.41. The van der Waals surface area contributed by atoms with E-state index in [1.807, 2.05) is 60.1 Å². The molecule has 0 bridgehead atoms. The van der Waals surface area contributed by atoms with Gasteiger partial charge in [-0.1, -0.05) is 52.3 Å². The fourth-order valence-electron chi connectivity index (χ4n) is 5.03. The molecule has 0 aliphatic carbocycles. The molecule has 2 heterocycles. The number of carbonyl (C=O) groups is 1. The molecular weight excluding hydrogens is 532 g/mol. The van der Waals surface area contributed by atoms with Crippen molar-refractivity contribution < 1.29 is 13.2 Å². The minimum Gasteiger partial charge on any atom is -0.322 e. The molecule has 1 amide bonds. The normalized spacial score (nSPS) is 13.4. The first-order valence-electron chi connectivity index (χ1n) is 14.4. The summed E-state index contributed by atoms with van der Waals surface area (Å²) in [5.41, 5.74) is 5.68. The molecule has 0 saturated heterocycles. The Morgan fingerprint density at radius 2 is 1.78 bits per heavy atom. The summed E-state index contributed by atoms with van der Waals surface area (Å²) in [5.74, 6) is 0.971. The molecule has 7 nitrogen and oxygen atoms in total. The van der Waals surface area contributed by atoms with E-state index in [1.165, 1.54) is 12.3 Å². The van der Waals surface area contributed by atoms with Gasteiger partial charge in [0.25, 0.3) is 5.91 Å². The number of hydrogen-bond acceptors (Lipinski definition) is 5. The smallest absolute Gasteiger partial charge is 0.255 e. The van der Waals surface area contributed by atoms with Crippen LogP contribution in [-0.4, -0.2) is 48.0 Å². The quantitative estimate of drug-likeness (QED) is 0.200. The van der Waals surface area contributed by atoms with E-state index in [0.717, 1.165) is 48.4 Å². The second kappa shape index (κ2) is 13.0. The van der Waals surface area contributed by atoms with Crippen LogP contribution in [0.5, 0.6) is 0 Å². The number of benzene rings is 2. The van der Waals surface area contributed by atoms with Gasteiger partial charge in [-0.2, -0.15) is 0 Å². The van der Waals surface area contributed by atoms with Gasteiger partial charge < -0.3 is 9.72 Å². The highest BCUT2D eigenvalue weighted by Crippen LogP contribution is 2.25. The van der Waals surface area contributed by atoms with E-state index in [0.29, 0.717) is 35.2 Å². The molecule has 8 heteroatoms. The third-order valence-electron chi connectivity index (χ3n) is 8.22. The van der Waals surface area contributed by atoms with Gasteiger partial charge in [-0.15, -0.1) is 0 Å². The molecule has 0 radical (unpaired) electrons. The zero-order valence-corrected chi connectivity index (χ0v) is 25.8. The van der Waals surface area contributed by atoms with Crippen LogP contribution in [0.25, 0.3) is 16.9 Å². The predicted octanol–water partition coefficient (Wildman–Crippen LogP) is 6.86. The van der Waals surface area contributed by atoms with E-state index in [4.69, 9.17) is 4.98 Å². The fraction of sp³-hybridized carbons (Fsp3) is 0.394. The summed E-state index contributed by atoms with van der Waals surface area (Å²) in [6.45, 7) is 13.1. The van der Waals surface area contributed by atoms with Crippen LogP contribution >= 0.6 is 0 Å². The first kappa shape index (κ1) is 30.5. The van der Waals surface area contributed by atoms with Crippen LogP contribution in [0.15, 0.2) is 71.9 Å². The molecule has 2 aromatic heterocycles. The highest BCUT2D eigenvalue weighted by atomic mass is 32.2. The summed E-state index contributed by atoms with van der Waals surface area (Å²) in [6, 6.07) is 16.4. The van der Waals surface area contributed by atoms with Crippen LogP contribution in [0, 0.1) is 18.8 Å². The van der Waals surface area contributed by atoms with Crippen molar-refractivity contribution in [2.75, 3.05) is 24.7 Å². The maximum Gasteiger partial charge on any atom is 0.255 e. The van der Waals surface area contributed by atoms with Gasteiger partial charge in [0.1, 0.15) is 5.65 Å². The summed E-state index contributed by atoms with van der Waals surface area (Å²) >= 11 is 0. The first-order valence-corrected chi connectivity index (χ1v) is 16.3. The molecule has 0 spiro atoms. The van der Waals surface area contributed by atoms with Crippen molar-refractivity contribution in [1.82, 2.24) is 14.3 Å². The summed E-state index contributed by atoms with van der Waals surface area (Å²) < 4.78 is 26.7. The zero-order valence-electron chi connectivity index (χ0n) is 25.0. The largest absolute Gasteiger partial charge is 0.322 e. The van der Waals surface area contributed by atoms with E-state index in [2.05, 4.69) is 37.9 Å². The van der Waals surface area contributed by atoms with E-state index in [-0.39, 0.29) is 10.8 Å². The number of sulfone groups is 1. The standard InChI is InChI=1S/C33H42N4O3S/c1-7-23(3)24(4)17-19-36(8-2)21-27-20-29(41(6,39)40)15-16-30(27)33(38)34-28-13-11-26(12-14-28)31-22-37-18-9-10-25(5)32(37)35-31/h9-16,18,20,22-24H,7-8,17,19,21H2,1-6H3,(H,34,38). The van der Waals surface area contributed by atoms with Gasteiger partial charge in [-0.3, -0.25) is 9.69 Å². The molecule has 4 rings (SSSR count). The van der Waals surface area contributed by atoms with E-state index in [9.17, 15) is 13.2 Å². The average Bonchev–Trinajstić information content (AvgIpc) is 3.40. The van der Waals surface area contributed by atoms with Crippen molar-refractivity contribution in [3.05, 3.63) is 83.7 Å². The molecule has 4 aromatic rings. The van der Waals surface area contributed by atoms with Gasteiger partial charge in [0.15, 0.2) is 9.84 Å². The van der Waals surface area contributed by atoms with Crippen LogP contribution < -0.4 is 5.32 Å². The van der Waals surface area contributed by atoms with Gasteiger partial charge >= 0.3 is 0 Å². The highest BCUT2D eigenvalue weighted by molar-refractivity contribution is 7.90. The van der Waals surface area contributed by atoms with Gasteiger partial charge in [-0.05, 0) is 85.8 Å². The van der Waals surface area contributed by atoms with Crippen LogP contribution in [0.2, 0.25) is 0 Å². The van der Waals surface area contributed by atoms with Crippen LogP contribution in [0.1, 0.15) is 62.0 Å². The Balaban J connectivity index is 1.54. The molecule has 218 valence electrons. The lowest BCUT2D eigenvalue weighted by Gasteiger charge is -2.26. The van der Waals surface area contributed by atoms with E-state index >= 15 is 0 Å². The second-order valence-corrected chi connectivity index (χ2v) is 13.2. The molecule has 0 fully saturated rings. The third kappa shape index (κ3) is 7.43. The Bertz CT molecular complexity index is 1610. The van der Waals surface area contributed by atoms with Gasteiger partial charge in [-0.25, -0.2) is 13.4 Å². The molecule has 2 aromatic carbocycles. The zero-order chi connectivity index (χ0) is 29.7. The van der Waals surface area contributed by atoms with Crippen molar-refractivity contribution >= 4 is 27.1 Å². The van der Waals surface area contributed by atoms with Crippen LogP contribution in [-0.2, 0) is 16.4 Å². The van der Waals surface area contributed by atoms with Gasteiger partial charge in [0.05, 0.1) is 10.6 Å². The minimum absolute atomic E-state index is 0.222. The third-order valence-corrected chi connectivity index (χ3v) is 9.33. The highest BCUT2D eigenvalue weighted by Gasteiger charge is 2.19. The van der Waals surface area contributed by atoms with Crippen molar-refractivity contribution in [2.45, 2.75) is 58.9 Å². The number of hydrogen-bond donors (Lipinski definition) is 1. The van der Waals surface area contributed by atoms with Crippen molar-refractivity contribution in [3.8, 4) is 11.3 Å². The van der Waals surface area contributed by atoms with Crippen molar-refractivity contribution in [3.63, 3.8) is 0 Å². The van der Waals surface area contributed by atoms with Gasteiger partial charge in [0.2, 0.25) is 0 Å². The lowest BCUT2D eigenvalue weighted by Crippen LogP contribution is -2.28. The number of amides is 1. The number of rotatable bonds is 12. The number of anilines is 1. The van der Waals surface area contributed by atoms with E-state index < -0.39 is 9.84 Å². The maximum absolute atomic E-state index is 13.5. The lowest BCUT2D eigenvalue weighted by atomic mass is 9.90. The molecule has 1 N–H and O–H groups in total. The fourth-order valence-corrected chi connectivity index (χ4v) is 5.70. The number of nitrogens with one attached hydrogen (secondary N) is 1. The molecule has 0 aliphatic rings. The van der Waals surface area contributed by atoms with Gasteiger partial charge in [0, 0.05) is 42.0 Å². The number of aromatic nitrogens is 2. The molecule has 2 atom stereocenters. The predicted molar refractivity (Wildman–Crippen MR) is 167 cm³/mol. The van der Waals surface area contributed by atoms with E-state index in [1.54, 1.807) is 12.1 Å². The Morgan fingerprint density at radius 3 is 2.41 bits per heavy atom. The maximum atomic E-state index is 13.5.